The monoisotopic (exact) mass is 455 g/mol. The molecule has 30 heavy (non-hydrogen) atoms. The van der Waals surface area contributed by atoms with Crippen molar-refractivity contribution in [3.8, 4) is 5.13 Å². The molecule has 12 heteroatoms. The maximum absolute atomic E-state index is 13.2. The summed E-state index contributed by atoms with van der Waals surface area (Å²) in [4.78, 5) is 13.1. The van der Waals surface area contributed by atoms with Gasteiger partial charge in [0, 0.05) is 20.3 Å². The second-order valence-electron chi connectivity index (χ2n) is 7.39. The largest absolute Gasteiger partial charge is 0.385 e. The van der Waals surface area contributed by atoms with Gasteiger partial charge >= 0.3 is 5.69 Å². The molecule has 0 bridgehead atoms. The highest BCUT2D eigenvalue weighted by Crippen LogP contribution is 2.37. The maximum atomic E-state index is 13.2. The minimum atomic E-state index is -3.94. The van der Waals surface area contributed by atoms with Crippen LogP contribution in [0.3, 0.4) is 0 Å². The van der Waals surface area contributed by atoms with Gasteiger partial charge in [-0.2, -0.15) is 0 Å². The van der Waals surface area contributed by atoms with Crippen molar-refractivity contribution in [3.63, 3.8) is 0 Å². The Labute approximate surface area is 176 Å². The van der Waals surface area contributed by atoms with Gasteiger partial charge in [0.15, 0.2) is 0 Å². The Balaban J connectivity index is 1.84. The summed E-state index contributed by atoms with van der Waals surface area (Å²) in [6, 6.07) is 4.45. The Morgan fingerprint density at radius 1 is 1.30 bits per heavy atom. The fourth-order valence-corrected chi connectivity index (χ4v) is 5.46. The predicted octanol–water partition coefficient (Wildman–Crippen LogP) is 1.77. The van der Waals surface area contributed by atoms with Crippen LogP contribution in [0.25, 0.3) is 16.2 Å². The van der Waals surface area contributed by atoms with Gasteiger partial charge in [0.2, 0.25) is 15.2 Å². The van der Waals surface area contributed by atoms with E-state index in [1.54, 1.807) is 24.7 Å². The number of imidazole rings is 1. The summed E-state index contributed by atoms with van der Waals surface area (Å²) >= 11 is 1.24. The average Bonchev–Trinajstić information content (AvgIpc) is 3.26. The van der Waals surface area contributed by atoms with Crippen LogP contribution in [0.5, 0.6) is 0 Å². The van der Waals surface area contributed by atoms with Crippen molar-refractivity contribution >= 4 is 32.4 Å². The van der Waals surface area contributed by atoms with Crippen molar-refractivity contribution in [1.29, 1.82) is 0 Å². The molecule has 0 atom stereocenters. The van der Waals surface area contributed by atoms with Crippen LogP contribution in [-0.2, 0) is 21.3 Å². The van der Waals surface area contributed by atoms with Gasteiger partial charge in [-0.05, 0) is 44.4 Å². The lowest BCUT2D eigenvalue weighted by atomic mass is 10.3. The lowest BCUT2D eigenvalue weighted by molar-refractivity contribution is 0.190. The average molecular weight is 456 g/mol. The third-order valence-corrected chi connectivity index (χ3v) is 7.51. The molecule has 2 heterocycles. The highest BCUT2D eigenvalue weighted by Gasteiger charge is 2.46. The first-order chi connectivity index (χ1) is 14.3. The smallest absolute Gasteiger partial charge is 0.335 e. The van der Waals surface area contributed by atoms with Crippen LogP contribution in [0.4, 0.5) is 4.39 Å². The SMILES string of the molecule is COCCCn1c(=O)n(-c2nnc(C)s2)c2cc(S(=O)(=O)NC3(CF)CC3)ccc21. The molecule has 4 rings (SSSR count). The molecule has 1 fully saturated rings. The number of ether oxygens (including phenoxy) is 1. The highest BCUT2D eigenvalue weighted by molar-refractivity contribution is 7.89. The molecule has 1 aliphatic carbocycles. The molecule has 1 saturated carbocycles. The number of hydrogen-bond donors (Lipinski definition) is 1. The van der Waals surface area contributed by atoms with Crippen molar-refractivity contribution < 1.29 is 17.5 Å². The molecule has 0 radical (unpaired) electrons. The van der Waals surface area contributed by atoms with Gasteiger partial charge in [-0.3, -0.25) is 4.57 Å². The van der Waals surface area contributed by atoms with Crippen molar-refractivity contribution in [3.05, 3.63) is 33.7 Å². The molecule has 0 saturated heterocycles. The molecule has 0 unspecified atom stereocenters. The van der Waals surface area contributed by atoms with Crippen molar-refractivity contribution in [2.24, 2.45) is 0 Å². The van der Waals surface area contributed by atoms with Crippen molar-refractivity contribution in [2.45, 2.75) is 43.2 Å². The minimum absolute atomic E-state index is 0.0289. The van der Waals surface area contributed by atoms with E-state index in [-0.39, 0.29) is 10.6 Å². The third-order valence-electron chi connectivity index (χ3n) is 5.11. The molecular formula is C18H22FN5O4S2. The molecule has 0 amide bonds. The van der Waals surface area contributed by atoms with E-state index in [4.69, 9.17) is 4.74 Å². The second kappa shape index (κ2) is 7.84. The molecule has 9 nitrogen and oxygen atoms in total. The third kappa shape index (κ3) is 3.80. The molecule has 0 spiro atoms. The number of benzene rings is 1. The van der Waals surface area contributed by atoms with Crippen LogP contribution in [0.1, 0.15) is 24.3 Å². The zero-order valence-electron chi connectivity index (χ0n) is 16.6. The first-order valence-electron chi connectivity index (χ1n) is 9.45. The van der Waals surface area contributed by atoms with Crippen LogP contribution >= 0.6 is 11.3 Å². The van der Waals surface area contributed by atoms with Gasteiger partial charge in [-0.25, -0.2) is 26.9 Å². The first-order valence-corrected chi connectivity index (χ1v) is 11.7. The van der Waals surface area contributed by atoms with E-state index in [2.05, 4.69) is 14.9 Å². The number of aromatic nitrogens is 4. The summed E-state index contributed by atoms with van der Waals surface area (Å²) in [5.74, 6) is 0. The zero-order valence-corrected chi connectivity index (χ0v) is 18.2. The number of aryl methyl sites for hydroxylation is 2. The summed E-state index contributed by atoms with van der Waals surface area (Å²) in [5.41, 5.74) is -0.353. The number of fused-ring (bicyclic) bond motifs is 1. The van der Waals surface area contributed by atoms with Crippen LogP contribution in [0.2, 0.25) is 0 Å². The lowest BCUT2D eigenvalue weighted by Crippen LogP contribution is -2.38. The van der Waals surface area contributed by atoms with Crippen LogP contribution in [-0.4, -0.2) is 53.7 Å². The molecule has 162 valence electrons. The number of hydrogen-bond acceptors (Lipinski definition) is 7. The summed E-state index contributed by atoms with van der Waals surface area (Å²) in [6.07, 6.45) is 1.55. The number of sulfonamides is 1. The van der Waals surface area contributed by atoms with E-state index >= 15 is 0 Å². The number of methoxy groups -OCH3 is 1. The van der Waals surface area contributed by atoms with E-state index < -0.39 is 22.2 Å². The van der Waals surface area contributed by atoms with Crippen LogP contribution < -0.4 is 10.4 Å². The summed E-state index contributed by atoms with van der Waals surface area (Å²) < 4.78 is 49.4. The Morgan fingerprint density at radius 2 is 2.07 bits per heavy atom. The number of alkyl halides is 1. The van der Waals surface area contributed by atoms with E-state index in [0.717, 1.165) is 0 Å². The molecule has 3 aromatic rings. The Hall–Kier alpha value is -2.15. The number of nitrogens with zero attached hydrogens (tertiary/aromatic N) is 4. The number of rotatable bonds is 9. The molecular weight excluding hydrogens is 433 g/mol. The Kier molecular flexibility index (Phi) is 5.51. The molecule has 1 N–H and O–H groups in total. The van der Waals surface area contributed by atoms with Crippen LogP contribution in [0.15, 0.2) is 27.9 Å². The highest BCUT2D eigenvalue weighted by atomic mass is 32.2. The van der Waals surface area contributed by atoms with Gasteiger partial charge in [0.05, 0.1) is 21.5 Å². The Morgan fingerprint density at radius 3 is 2.67 bits per heavy atom. The van der Waals surface area contributed by atoms with Crippen molar-refractivity contribution in [1.82, 2.24) is 24.1 Å². The van der Waals surface area contributed by atoms with E-state index in [1.165, 1.54) is 28.0 Å². The number of halogens is 1. The minimum Gasteiger partial charge on any atom is -0.385 e. The van der Waals surface area contributed by atoms with Gasteiger partial charge in [0.1, 0.15) is 11.7 Å². The normalized spacial score (nSPS) is 15.7. The van der Waals surface area contributed by atoms with Gasteiger partial charge < -0.3 is 4.74 Å². The van der Waals surface area contributed by atoms with E-state index in [1.807, 2.05) is 0 Å². The zero-order chi connectivity index (χ0) is 21.5. The van der Waals surface area contributed by atoms with Crippen molar-refractivity contribution in [2.75, 3.05) is 20.4 Å². The molecule has 1 aliphatic rings. The fraction of sp³-hybridized carbons (Fsp3) is 0.500. The quantitative estimate of drug-likeness (QED) is 0.493. The second-order valence-corrected chi connectivity index (χ2v) is 10.2. The maximum Gasteiger partial charge on any atom is 0.335 e. The van der Waals surface area contributed by atoms with Gasteiger partial charge in [0.25, 0.3) is 0 Å². The molecule has 2 aromatic heterocycles. The predicted molar refractivity (Wildman–Crippen MR) is 110 cm³/mol. The summed E-state index contributed by atoms with van der Waals surface area (Å²) in [6.45, 7) is 1.91. The molecule has 1 aromatic carbocycles. The topological polar surface area (TPSA) is 108 Å². The van der Waals surface area contributed by atoms with Gasteiger partial charge in [-0.15, -0.1) is 10.2 Å². The van der Waals surface area contributed by atoms with E-state index in [9.17, 15) is 17.6 Å². The van der Waals surface area contributed by atoms with Crippen LogP contribution in [0, 0.1) is 6.92 Å². The summed E-state index contributed by atoms with van der Waals surface area (Å²) in [5, 5.41) is 9.07. The van der Waals surface area contributed by atoms with Gasteiger partial charge in [-0.1, -0.05) is 11.3 Å². The Bertz CT molecular complexity index is 1240. The first kappa shape index (κ1) is 21.1. The van der Waals surface area contributed by atoms with E-state index in [0.29, 0.717) is 53.6 Å². The standard InChI is InChI=1S/C18H22FN5O4S2/c1-12-20-21-16(29-12)24-15-10-13(30(26,27)22-18(11-19)6-7-18)4-5-14(15)23(17(24)25)8-3-9-28-2/h4-5,10,22H,3,6-9,11H2,1-2H3. The lowest BCUT2D eigenvalue weighted by Gasteiger charge is -2.14. The number of nitrogens with one attached hydrogen (secondary N) is 1. The molecule has 0 aliphatic heterocycles. The summed E-state index contributed by atoms with van der Waals surface area (Å²) in [7, 11) is -2.36. The fourth-order valence-electron chi connectivity index (χ4n) is 3.31.